The van der Waals surface area contributed by atoms with Gasteiger partial charge in [0.2, 0.25) is 0 Å². The van der Waals surface area contributed by atoms with Crippen LogP contribution in [0.2, 0.25) is 0 Å². The van der Waals surface area contributed by atoms with Gasteiger partial charge in [0.15, 0.2) is 23.1 Å². The maximum atomic E-state index is 14.4. The molecule has 1 aliphatic carbocycles. The first kappa shape index (κ1) is 32.1. The lowest BCUT2D eigenvalue weighted by Crippen LogP contribution is -2.31. The lowest BCUT2D eigenvalue weighted by molar-refractivity contribution is 0.0599. The Morgan fingerprint density at radius 3 is 2.48 bits per heavy atom. The molecule has 0 bridgehead atoms. The zero-order valence-electron chi connectivity index (χ0n) is 25.8. The van der Waals surface area contributed by atoms with Gasteiger partial charge < -0.3 is 15.4 Å². The molecule has 0 saturated heterocycles. The Balaban J connectivity index is 1.34. The summed E-state index contributed by atoms with van der Waals surface area (Å²) in [7, 11) is 1.30. The molecular formula is C35H28F3N5O5. The molecular weight excluding hydrogens is 627 g/mol. The Hall–Kier alpha value is -5.85. The molecule has 0 saturated carbocycles. The highest BCUT2D eigenvalue weighted by molar-refractivity contribution is 6.04. The van der Waals surface area contributed by atoms with E-state index in [1.165, 1.54) is 43.6 Å². The highest BCUT2D eigenvalue weighted by Gasteiger charge is 2.30. The molecule has 13 heteroatoms. The first-order valence-electron chi connectivity index (χ1n) is 14.9. The number of nitrogens with zero attached hydrogens (tertiary/aromatic N) is 3. The maximum absolute atomic E-state index is 14.4. The van der Waals surface area contributed by atoms with Crippen LogP contribution in [0.1, 0.15) is 82.0 Å². The first-order chi connectivity index (χ1) is 23.0. The average molecular weight is 656 g/mol. The number of fused-ring (bicyclic) bond motifs is 2. The smallest absolute Gasteiger partial charge is 0.338 e. The molecule has 1 aliphatic rings. The molecule has 244 valence electrons. The number of carbonyl (C=O) groups is 4. The van der Waals surface area contributed by atoms with E-state index in [-0.39, 0.29) is 46.7 Å². The fraction of sp³-hybridized carbons (Fsp3) is 0.200. The van der Waals surface area contributed by atoms with E-state index in [0.717, 1.165) is 33.3 Å². The summed E-state index contributed by atoms with van der Waals surface area (Å²) in [5.41, 5.74) is 2.84. The fourth-order valence-electron chi connectivity index (χ4n) is 5.86. The van der Waals surface area contributed by atoms with Crippen LogP contribution in [0.25, 0.3) is 5.65 Å². The number of Topliss-reactive ketones (excluding diaryl/α,β-unsaturated/α-hetero) is 1. The highest BCUT2D eigenvalue weighted by Crippen LogP contribution is 2.35. The van der Waals surface area contributed by atoms with Crippen LogP contribution < -0.4 is 10.6 Å². The number of rotatable bonds is 9. The van der Waals surface area contributed by atoms with Crippen molar-refractivity contribution in [1.29, 1.82) is 0 Å². The van der Waals surface area contributed by atoms with Gasteiger partial charge in [-0.15, -0.1) is 0 Å². The Labute approximate surface area is 271 Å². The van der Waals surface area contributed by atoms with Crippen LogP contribution in [0.5, 0.6) is 0 Å². The standard InChI is InChI=1S/C35H28F3N5O5/c1-18-21-10-12-28(23(21)9-8-22(18)35(47)48-2)42-34(46)30-15-29(33(45)39-16-19-7-11-26(37)27(38)13-19)41-32-24(17-40-43(30)32)31(44)14-20-5-3-4-6-25(20)36/h3-9,11,13,15,17,28H,10,12,14,16H2,1-2H3,(H,39,45)(H,42,46)/t28-/m0/s1. The minimum atomic E-state index is -1.08. The van der Waals surface area contributed by atoms with E-state index in [2.05, 4.69) is 20.7 Å². The van der Waals surface area contributed by atoms with Crippen LogP contribution in [0, 0.1) is 24.4 Å². The molecule has 0 unspecified atom stereocenters. The largest absolute Gasteiger partial charge is 0.465 e. The molecule has 5 aromatic rings. The number of carbonyl (C=O) groups excluding carboxylic acids is 4. The van der Waals surface area contributed by atoms with Gasteiger partial charge in [0, 0.05) is 19.0 Å². The number of esters is 1. The van der Waals surface area contributed by atoms with Crippen molar-refractivity contribution in [3.05, 3.63) is 135 Å². The van der Waals surface area contributed by atoms with Gasteiger partial charge in [0.05, 0.1) is 30.5 Å². The zero-order valence-corrected chi connectivity index (χ0v) is 25.8. The minimum Gasteiger partial charge on any atom is -0.465 e. The molecule has 10 nitrogen and oxygen atoms in total. The van der Waals surface area contributed by atoms with E-state index in [1.54, 1.807) is 18.2 Å². The van der Waals surface area contributed by atoms with E-state index >= 15 is 0 Å². The number of amides is 2. The van der Waals surface area contributed by atoms with Crippen molar-refractivity contribution in [1.82, 2.24) is 25.2 Å². The van der Waals surface area contributed by atoms with Crippen LogP contribution in [0.4, 0.5) is 13.2 Å². The van der Waals surface area contributed by atoms with Crippen molar-refractivity contribution in [2.24, 2.45) is 0 Å². The summed E-state index contributed by atoms with van der Waals surface area (Å²) < 4.78 is 47.5. The number of ketones is 1. The number of ether oxygens (including phenoxy) is 1. The summed E-state index contributed by atoms with van der Waals surface area (Å²) in [6.07, 6.45) is 2.01. The van der Waals surface area contributed by atoms with Gasteiger partial charge in [-0.25, -0.2) is 27.5 Å². The van der Waals surface area contributed by atoms with Gasteiger partial charge in [-0.05, 0) is 71.8 Å². The lowest BCUT2D eigenvalue weighted by Gasteiger charge is -2.16. The zero-order chi connectivity index (χ0) is 34.1. The van der Waals surface area contributed by atoms with Gasteiger partial charge in [-0.1, -0.05) is 30.3 Å². The number of hydrogen-bond donors (Lipinski definition) is 2. The summed E-state index contributed by atoms with van der Waals surface area (Å²) in [6.45, 7) is 1.63. The quantitative estimate of drug-likeness (QED) is 0.169. The monoisotopic (exact) mass is 655 g/mol. The topological polar surface area (TPSA) is 132 Å². The molecule has 2 heterocycles. The van der Waals surface area contributed by atoms with E-state index in [4.69, 9.17) is 4.74 Å². The van der Waals surface area contributed by atoms with Gasteiger partial charge in [0.25, 0.3) is 11.8 Å². The molecule has 2 N–H and O–H groups in total. The van der Waals surface area contributed by atoms with Crippen LogP contribution in [0.3, 0.4) is 0 Å². The van der Waals surface area contributed by atoms with Crippen molar-refractivity contribution < 1.29 is 37.1 Å². The fourth-order valence-corrected chi connectivity index (χ4v) is 5.86. The summed E-state index contributed by atoms with van der Waals surface area (Å²) in [5, 5.41) is 9.76. The highest BCUT2D eigenvalue weighted by atomic mass is 19.2. The molecule has 0 radical (unpaired) electrons. The van der Waals surface area contributed by atoms with Gasteiger partial charge in [-0.3, -0.25) is 14.4 Å². The number of aromatic nitrogens is 3. The molecule has 6 rings (SSSR count). The van der Waals surface area contributed by atoms with Gasteiger partial charge in [-0.2, -0.15) is 5.10 Å². The Bertz CT molecular complexity index is 2130. The van der Waals surface area contributed by atoms with Crippen molar-refractivity contribution >= 4 is 29.2 Å². The minimum absolute atomic E-state index is 0.0419. The number of benzene rings is 3. The van der Waals surface area contributed by atoms with E-state index in [1.807, 2.05) is 6.92 Å². The molecule has 2 amide bonds. The van der Waals surface area contributed by atoms with Crippen molar-refractivity contribution in [2.45, 2.75) is 38.8 Å². The third kappa shape index (κ3) is 6.14. The number of methoxy groups -OCH3 is 1. The Morgan fingerprint density at radius 2 is 1.73 bits per heavy atom. The van der Waals surface area contributed by atoms with Gasteiger partial charge in [0.1, 0.15) is 17.2 Å². The second-order valence-corrected chi connectivity index (χ2v) is 11.3. The molecule has 2 aromatic heterocycles. The van der Waals surface area contributed by atoms with Crippen LogP contribution in [-0.4, -0.2) is 45.3 Å². The number of halogens is 3. The lowest BCUT2D eigenvalue weighted by atomic mass is 9.98. The van der Waals surface area contributed by atoms with Gasteiger partial charge >= 0.3 is 5.97 Å². The second kappa shape index (κ2) is 13.1. The summed E-state index contributed by atoms with van der Waals surface area (Å²) in [5.74, 6) is -5.08. The van der Waals surface area contributed by atoms with E-state index < -0.39 is 47.1 Å². The summed E-state index contributed by atoms with van der Waals surface area (Å²) in [6, 6.07) is 13.1. The van der Waals surface area contributed by atoms with Crippen LogP contribution in [0.15, 0.2) is 66.9 Å². The molecule has 0 aliphatic heterocycles. The molecule has 0 fully saturated rings. The summed E-state index contributed by atoms with van der Waals surface area (Å²) >= 11 is 0. The summed E-state index contributed by atoms with van der Waals surface area (Å²) in [4.78, 5) is 57.1. The average Bonchev–Trinajstić information content (AvgIpc) is 3.70. The normalized spacial score (nSPS) is 13.6. The molecule has 3 aromatic carbocycles. The Kier molecular flexibility index (Phi) is 8.76. The van der Waals surface area contributed by atoms with Crippen molar-refractivity contribution in [3.8, 4) is 0 Å². The second-order valence-electron chi connectivity index (χ2n) is 11.3. The number of nitrogens with one attached hydrogen (secondary N) is 2. The third-order valence-corrected chi connectivity index (χ3v) is 8.39. The Morgan fingerprint density at radius 1 is 0.938 bits per heavy atom. The molecule has 48 heavy (non-hydrogen) atoms. The molecule has 0 spiro atoms. The number of hydrogen-bond acceptors (Lipinski definition) is 7. The van der Waals surface area contributed by atoms with Crippen LogP contribution in [-0.2, 0) is 24.1 Å². The van der Waals surface area contributed by atoms with Crippen molar-refractivity contribution in [3.63, 3.8) is 0 Å². The molecule has 1 atom stereocenters. The first-order valence-corrected chi connectivity index (χ1v) is 14.9. The predicted molar refractivity (Wildman–Crippen MR) is 166 cm³/mol. The third-order valence-electron chi connectivity index (χ3n) is 8.39. The van der Waals surface area contributed by atoms with E-state index in [0.29, 0.717) is 18.4 Å². The van der Waals surface area contributed by atoms with E-state index in [9.17, 15) is 32.3 Å². The maximum Gasteiger partial charge on any atom is 0.338 e. The predicted octanol–water partition coefficient (Wildman–Crippen LogP) is 5.01. The SMILES string of the molecule is COC(=O)c1ccc2c(c1C)CC[C@@H]2NC(=O)c1cc(C(=O)NCc2ccc(F)c(F)c2)nc2c(C(=O)Cc3ccccc3F)cnn12. The van der Waals surface area contributed by atoms with Crippen molar-refractivity contribution in [2.75, 3.05) is 7.11 Å². The van der Waals surface area contributed by atoms with Crippen LogP contribution >= 0.6 is 0 Å².